The number of rotatable bonds is 6. The van der Waals surface area contributed by atoms with Crippen LogP contribution in [0.5, 0.6) is 5.75 Å². The van der Waals surface area contributed by atoms with E-state index in [1.807, 2.05) is 0 Å². The minimum absolute atomic E-state index is 0.0290. The first-order chi connectivity index (χ1) is 12.9. The van der Waals surface area contributed by atoms with Crippen molar-refractivity contribution in [2.75, 3.05) is 13.2 Å². The summed E-state index contributed by atoms with van der Waals surface area (Å²) in [6, 6.07) is 9.30. The van der Waals surface area contributed by atoms with E-state index in [2.05, 4.69) is 0 Å². The van der Waals surface area contributed by atoms with Crippen LogP contribution in [0.2, 0.25) is 0 Å². The van der Waals surface area contributed by atoms with Gasteiger partial charge in [-0.25, -0.2) is 13.6 Å². The highest BCUT2D eigenvalue weighted by molar-refractivity contribution is 6.21. The van der Waals surface area contributed by atoms with Crippen LogP contribution < -0.4 is 4.74 Å². The molecule has 2 aromatic rings. The molecule has 27 heavy (non-hydrogen) atoms. The van der Waals surface area contributed by atoms with Crippen LogP contribution in [0.1, 0.15) is 27.6 Å². The molecule has 1 unspecified atom stereocenters. The fourth-order valence-corrected chi connectivity index (χ4v) is 2.60. The second-order valence-corrected chi connectivity index (χ2v) is 5.81. The molecule has 0 saturated carbocycles. The Bertz CT molecular complexity index is 880. The molecule has 0 bridgehead atoms. The highest BCUT2D eigenvalue weighted by atomic mass is 19.2. The Morgan fingerprint density at radius 1 is 1.04 bits per heavy atom. The van der Waals surface area contributed by atoms with Gasteiger partial charge < -0.3 is 9.47 Å². The van der Waals surface area contributed by atoms with E-state index in [1.54, 1.807) is 24.3 Å². The van der Waals surface area contributed by atoms with Gasteiger partial charge in [-0.2, -0.15) is 0 Å². The molecule has 1 heterocycles. The zero-order valence-corrected chi connectivity index (χ0v) is 14.3. The first kappa shape index (κ1) is 18.5. The van der Waals surface area contributed by atoms with Gasteiger partial charge in [0.15, 0.2) is 17.7 Å². The summed E-state index contributed by atoms with van der Waals surface area (Å²) in [5.41, 5.74) is 0.618. The molecule has 1 aliphatic rings. The maximum Gasteiger partial charge on any atom is 0.347 e. The predicted molar refractivity (Wildman–Crippen MR) is 89.2 cm³/mol. The summed E-state index contributed by atoms with van der Waals surface area (Å²) >= 11 is 0. The molecule has 0 saturated heterocycles. The van der Waals surface area contributed by atoms with Crippen molar-refractivity contribution in [3.63, 3.8) is 0 Å². The van der Waals surface area contributed by atoms with Crippen molar-refractivity contribution in [1.82, 2.24) is 4.90 Å². The van der Waals surface area contributed by atoms with Gasteiger partial charge >= 0.3 is 5.97 Å². The lowest BCUT2D eigenvalue weighted by Crippen LogP contribution is -2.35. The maximum atomic E-state index is 13.2. The second kappa shape index (κ2) is 7.53. The van der Waals surface area contributed by atoms with E-state index in [-0.39, 0.29) is 18.9 Å². The Hall–Kier alpha value is -3.29. The summed E-state index contributed by atoms with van der Waals surface area (Å²) in [4.78, 5) is 37.3. The van der Waals surface area contributed by atoms with E-state index in [4.69, 9.17) is 9.47 Å². The Morgan fingerprint density at radius 3 is 2.26 bits per heavy atom. The number of carbonyl (C=O) groups is 3. The third-order valence-electron chi connectivity index (χ3n) is 3.97. The molecule has 0 aromatic heterocycles. The Labute approximate surface area is 153 Å². The fraction of sp³-hybridized carbons (Fsp3) is 0.211. The number of esters is 1. The van der Waals surface area contributed by atoms with Crippen molar-refractivity contribution in [3.8, 4) is 5.75 Å². The number of carbonyl (C=O) groups excluding carboxylic acids is 3. The number of fused-ring (bicyclic) bond motifs is 1. The molecule has 2 aromatic carbocycles. The van der Waals surface area contributed by atoms with Gasteiger partial charge in [-0.05, 0) is 31.2 Å². The molecule has 6 nitrogen and oxygen atoms in total. The number of hydrogen-bond donors (Lipinski definition) is 0. The number of nitrogens with zero attached hydrogens (tertiary/aromatic N) is 1. The number of hydrogen-bond acceptors (Lipinski definition) is 5. The van der Waals surface area contributed by atoms with Crippen molar-refractivity contribution < 1.29 is 32.6 Å². The van der Waals surface area contributed by atoms with Gasteiger partial charge in [-0.15, -0.1) is 0 Å². The maximum absolute atomic E-state index is 13.2. The van der Waals surface area contributed by atoms with Crippen LogP contribution in [0.25, 0.3) is 0 Å². The standard InChI is InChI=1S/C19H15F2NO5/c1-11(27-12-6-7-15(20)16(21)10-12)19(25)26-9-8-22-17(23)13-4-2-3-5-14(13)18(22)24/h2-7,10-11H,8-9H2,1H3. The minimum Gasteiger partial charge on any atom is -0.479 e. The average Bonchev–Trinajstić information content (AvgIpc) is 2.90. The molecule has 0 spiro atoms. The third kappa shape index (κ3) is 3.79. The second-order valence-electron chi connectivity index (χ2n) is 5.81. The van der Waals surface area contributed by atoms with Crippen molar-refractivity contribution in [1.29, 1.82) is 0 Å². The molecule has 1 aliphatic heterocycles. The molecule has 2 amide bonds. The normalized spacial score (nSPS) is 14.1. The molecule has 0 radical (unpaired) electrons. The zero-order valence-electron chi connectivity index (χ0n) is 14.3. The highest BCUT2D eigenvalue weighted by Crippen LogP contribution is 2.22. The van der Waals surface area contributed by atoms with Crippen molar-refractivity contribution in [2.24, 2.45) is 0 Å². The summed E-state index contributed by atoms with van der Waals surface area (Å²) < 4.78 is 36.2. The van der Waals surface area contributed by atoms with Crippen molar-refractivity contribution >= 4 is 17.8 Å². The molecular formula is C19H15F2NO5. The Kier molecular flexibility index (Phi) is 5.16. The largest absolute Gasteiger partial charge is 0.479 e. The average molecular weight is 375 g/mol. The van der Waals surface area contributed by atoms with Gasteiger partial charge in [0, 0.05) is 6.07 Å². The van der Waals surface area contributed by atoms with E-state index in [9.17, 15) is 23.2 Å². The first-order valence-electron chi connectivity index (χ1n) is 8.12. The van der Waals surface area contributed by atoms with Crippen LogP contribution in [0, 0.1) is 11.6 Å². The van der Waals surface area contributed by atoms with E-state index in [1.165, 1.54) is 13.0 Å². The minimum atomic E-state index is -1.10. The van der Waals surface area contributed by atoms with Crippen LogP contribution >= 0.6 is 0 Å². The van der Waals surface area contributed by atoms with Gasteiger partial charge in [0.25, 0.3) is 11.8 Å². The number of imide groups is 1. The lowest BCUT2D eigenvalue weighted by atomic mass is 10.1. The number of halogens is 2. The van der Waals surface area contributed by atoms with E-state index < -0.39 is 35.5 Å². The molecular weight excluding hydrogens is 360 g/mol. The Balaban J connectivity index is 1.51. The van der Waals surface area contributed by atoms with Gasteiger partial charge in [0.05, 0.1) is 17.7 Å². The number of benzene rings is 2. The molecule has 0 N–H and O–H groups in total. The first-order valence-corrected chi connectivity index (χ1v) is 8.12. The summed E-state index contributed by atoms with van der Waals surface area (Å²) in [6.45, 7) is 1.07. The SMILES string of the molecule is CC(Oc1ccc(F)c(F)c1)C(=O)OCCN1C(=O)c2ccccc2C1=O. The van der Waals surface area contributed by atoms with Crippen molar-refractivity contribution in [3.05, 3.63) is 65.2 Å². The topological polar surface area (TPSA) is 72.9 Å². The zero-order chi connectivity index (χ0) is 19.6. The summed E-state index contributed by atoms with van der Waals surface area (Å²) in [6.07, 6.45) is -1.09. The van der Waals surface area contributed by atoms with Gasteiger partial charge in [-0.3, -0.25) is 14.5 Å². The van der Waals surface area contributed by atoms with E-state index in [0.717, 1.165) is 17.0 Å². The summed E-state index contributed by atoms with van der Waals surface area (Å²) in [7, 11) is 0. The van der Waals surface area contributed by atoms with Crippen LogP contribution in [-0.4, -0.2) is 41.9 Å². The molecule has 8 heteroatoms. The van der Waals surface area contributed by atoms with Crippen LogP contribution in [0.15, 0.2) is 42.5 Å². The molecule has 0 aliphatic carbocycles. The van der Waals surface area contributed by atoms with Gasteiger partial charge in [-0.1, -0.05) is 12.1 Å². The lowest BCUT2D eigenvalue weighted by molar-refractivity contribution is -0.151. The quantitative estimate of drug-likeness (QED) is 0.573. The number of ether oxygens (including phenoxy) is 2. The van der Waals surface area contributed by atoms with E-state index >= 15 is 0 Å². The summed E-state index contributed by atoms with van der Waals surface area (Å²) in [5, 5.41) is 0. The molecule has 1 atom stereocenters. The Morgan fingerprint density at radius 2 is 1.67 bits per heavy atom. The van der Waals surface area contributed by atoms with E-state index in [0.29, 0.717) is 11.1 Å². The van der Waals surface area contributed by atoms with Gasteiger partial charge in [0.1, 0.15) is 12.4 Å². The monoisotopic (exact) mass is 375 g/mol. The highest BCUT2D eigenvalue weighted by Gasteiger charge is 2.35. The van der Waals surface area contributed by atoms with Gasteiger partial charge in [0.2, 0.25) is 0 Å². The smallest absolute Gasteiger partial charge is 0.347 e. The summed E-state index contributed by atoms with van der Waals surface area (Å²) in [5.74, 6) is -3.82. The molecule has 3 rings (SSSR count). The van der Waals surface area contributed by atoms with Crippen molar-refractivity contribution in [2.45, 2.75) is 13.0 Å². The lowest BCUT2D eigenvalue weighted by Gasteiger charge is -2.16. The van der Waals surface area contributed by atoms with Crippen LogP contribution in [-0.2, 0) is 9.53 Å². The van der Waals surface area contributed by atoms with Crippen LogP contribution in [0.4, 0.5) is 8.78 Å². The molecule has 140 valence electrons. The fourth-order valence-electron chi connectivity index (χ4n) is 2.60. The number of amides is 2. The third-order valence-corrected chi connectivity index (χ3v) is 3.97. The molecule has 0 fully saturated rings. The predicted octanol–water partition coefficient (Wildman–Crippen LogP) is 2.57. The van der Waals surface area contributed by atoms with Crippen LogP contribution in [0.3, 0.4) is 0 Å².